The third kappa shape index (κ3) is 4.54. The van der Waals surface area contributed by atoms with Gasteiger partial charge in [0.25, 0.3) is 0 Å². The summed E-state index contributed by atoms with van der Waals surface area (Å²) in [6, 6.07) is 9.11. The molecule has 0 aromatic heterocycles. The highest BCUT2D eigenvalue weighted by molar-refractivity contribution is 8.13. The highest BCUT2D eigenvalue weighted by atomic mass is 32.2. The van der Waals surface area contributed by atoms with Crippen molar-refractivity contribution in [1.29, 1.82) is 0 Å². The number of hydrogen-bond acceptors (Lipinski definition) is 4. The van der Waals surface area contributed by atoms with E-state index in [-0.39, 0.29) is 5.75 Å². The van der Waals surface area contributed by atoms with Crippen LogP contribution in [0.2, 0.25) is 0 Å². The molecule has 0 radical (unpaired) electrons. The Bertz CT molecular complexity index is 900. The lowest BCUT2D eigenvalue weighted by molar-refractivity contribution is -0.137. The summed E-state index contributed by atoms with van der Waals surface area (Å²) >= 11 is 1.36. The average Bonchev–Trinajstić information content (AvgIpc) is 2.60. The predicted molar refractivity (Wildman–Crippen MR) is 97.2 cm³/mol. The molecule has 1 aliphatic rings. The van der Waals surface area contributed by atoms with Gasteiger partial charge in [-0.25, -0.2) is 9.79 Å². The summed E-state index contributed by atoms with van der Waals surface area (Å²) in [5.74, 6) is 0.416. The number of nitrogens with zero attached hydrogens (tertiary/aromatic N) is 1. The van der Waals surface area contributed by atoms with E-state index in [1.165, 1.54) is 23.9 Å². The van der Waals surface area contributed by atoms with Gasteiger partial charge in [-0.1, -0.05) is 6.07 Å². The van der Waals surface area contributed by atoms with Gasteiger partial charge in [-0.15, -0.1) is 11.8 Å². The molecule has 1 atom stereocenters. The zero-order valence-corrected chi connectivity index (χ0v) is 14.9. The van der Waals surface area contributed by atoms with Crippen LogP contribution >= 0.6 is 11.8 Å². The summed E-state index contributed by atoms with van der Waals surface area (Å²) in [6.45, 7) is 0. The number of rotatable bonds is 3. The van der Waals surface area contributed by atoms with Crippen LogP contribution in [0.3, 0.4) is 0 Å². The number of carbonyl (C=O) groups is 1. The van der Waals surface area contributed by atoms with Crippen molar-refractivity contribution >= 4 is 28.6 Å². The van der Waals surface area contributed by atoms with Gasteiger partial charge >= 0.3 is 12.3 Å². The zero-order valence-electron chi connectivity index (χ0n) is 14.1. The number of ether oxygens (including phenoxy) is 1. The lowest BCUT2D eigenvalue weighted by Gasteiger charge is -2.24. The molecule has 9 heteroatoms. The van der Waals surface area contributed by atoms with Gasteiger partial charge < -0.3 is 15.2 Å². The molecule has 3 rings (SSSR count). The summed E-state index contributed by atoms with van der Waals surface area (Å²) in [4.78, 5) is 15.4. The van der Waals surface area contributed by atoms with E-state index in [0.717, 1.165) is 17.7 Å². The van der Waals surface area contributed by atoms with Crippen LogP contribution in [-0.2, 0) is 12.6 Å². The van der Waals surface area contributed by atoms with Crippen LogP contribution in [0, 0.1) is 0 Å². The maximum atomic E-state index is 12.8. The van der Waals surface area contributed by atoms with Crippen LogP contribution < -0.4 is 10.1 Å². The van der Waals surface area contributed by atoms with Crippen LogP contribution in [0.5, 0.6) is 11.5 Å². The topological polar surface area (TPSA) is 70.9 Å². The molecule has 0 bridgehead atoms. The molecule has 0 saturated carbocycles. The van der Waals surface area contributed by atoms with Gasteiger partial charge in [0, 0.05) is 6.42 Å². The van der Waals surface area contributed by atoms with Crippen LogP contribution in [0.4, 0.5) is 23.7 Å². The minimum Gasteiger partial charge on any atom is -0.465 e. The first-order valence-electron chi connectivity index (χ1n) is 7.86. The fourth-order valence-electron chi connectivity index (χ4n) is 2.72. The maximum absolute atomic E-state index is 12.8. The molecule has 0 spiro atoms. The second-order valence-corrected chi connectivity index (χ2v) is 6.61. The Hall–Kier alpha value is -2.68. The summed E-state index contributed by atoms with van der Waals surface area (Å²) in [6.07, 6.45) is -3.41. The zero-order chi connectivity index (χ0) is 19.6. The molecule has 5 nitrogen and oxygen atoms in total. The Morgan fingerprint density at radius 3 is 2.67 bits per heavy atom. The van der Waals surface area contributed by atoms with E-state index in [9.17, 15) is 18.0 Å². The lowest BCUT2D eigenvalue weighted by Crippen LogP contribution is -2.41. The molecule has 2 aromatic rings. The highest BCUT2D eigenvalue weighted by Crippen LogP contribution is 2.35. The molecule has 1 aliphatic heterocycles. The first-order chi connectivity index (χ1) is 12.8. The van der Waals surface area contributed by atoms with E-state index in [2.05, 4.69) is 10.3 Å². The van der Waals surface area contributed by atoms with Crippen molar-refractivity contribution in [3.63, 3.8) is 0 Å². The number of nitrogens with one attached hydrogen (secondary N) is 1. The van der Waals surface area contributed by atoms with Gasteiger partial charge in [0.15, 0.2) is 0 Å². The Morgan fingerprint density at radius 1 is 1.26 bits per heavy atom. The normalized spacial score (nSPS) is 16.3. The number of fused-ring (bicyclic) bond motifs is 1. The lowest BCUT2D eigenvalue weighted by atomic mass is 10.0. The van der Waals surface area contributed by atoms with E-state index < -0.39 is 23.9 Å². The highest BCUT2D eigenvalue weighted by Gasteiger charge is 2.30. The fourth-order valence-corrected chi connectivity index (χ4v) is 3.34. The number of carboxylic acid groups (broad SMARTS) is 1. The molecule has 0 saturated heterocycles. The van der Waals surface area contributed by atoms with E-state index in [1.807, 2.05) is 6.26 Å². The van der Waals surface area contributed by atoms with E-state index >= 15 is 0 Å². The first kappa shape index (κ1) is 19.1. The summed E-state index contributed by atoms with van der Waals surface area (Å²) in [7, 11) is 0. The average molecular weight is 396 g/mol. The number of halogens is 3. The van der Waals surface area contributed by atoms with Crippen molar-refractivity contribution in [2.45, 2.75) is 18.6 Å². The molecule has 1 amide bonds. The number of benzene rings is 2. The molecule has 27 heavy (non-hydrogen) atoms. The van der Waals surface area contributed by atoms with Crippen molar-refractivity contribution in [1.82, 2.24) is 5.32 Å². The Balaban J connectivity index is 1.85. The molecule has 0 aliphatic carbocycles. The molecular weight excluding hydrogens is 381 g/mol. The van der Waals surface area contributed by atoms with Gasteiger partial charge in [-0.05, 0) is 48.2 Å². The maximum Gasteiger partial charge on any atom is 0.416 e. The Labute approximate surface area is 157 Å². The fraction of sp³-hybridized carbons (Fsp3) is 0.222. The molecule has 1 unspecified atom stereocenters. The van der Waals surface area contributed by atoms with Gasteiger partial charge in [0.2, 0.25) is 0 Å². The van der Waals surface area contributed by atoms with Crippen LogP contribution in [-0.4, -0.2) is 28.5 Å². The Kier molecular flexibility index (Phi) is 5.31. The van der Waals surface area contributed by atoms with Gasteiger partial charge in [-0.2, -0.15) is 13.2 Å². The SMILES string of the molecule is CSC1=Nc2ccc(Oc3cccc(C(F)(F)F)c3)cc2CC1NC(=O)O. The van der Waals surface area contributed by atoms with Crippen molar-refractivity contribution in [2.24, 2.45) is 4.99 Å². The number of hydrogen-bond donors (Lipinski definition) is 2. The van der Waals surface area contributed by atoms with Crippen LogP contribution in [0.15, 0.2) is 47.5 Å². The summed E-state index contributed by atoms with van der Waals surface area (Å²) in [5, 5.41) is 12.0. The monoisotopic (exact) mass is 396 g/mol. The number of alkyl halides is 3. The van der Waals surface area contributed by atoms with E-state index in [1.54, 1.807) is 18.2 Å². The van der Waals surface area contributed by atoms with Gasteiger partial charge in [0.1, 0.15) is 11.5 Å². The smallest absolute Gasteiger partial charge is 0.416 e. The van der Waals surface area contributed by atoms with Crippen molar-refractivity contribution < 1.29 is 27.8 Å². The van der Waals surface area contributed by atoms with E-state index in [4.69, 9.17) is 9.84 Å². The molecule has 2 N–H and O–H groups in total. The molecule has 1 heterocycles. The van der Waals surface area contributed by atoms with Gasteiger partial charge in [0.05, 0.1) is 22.3 Å². The van der Waals surface area contributed by atoms with Crippen molar-refractivity contribution in [3.05, 3.63) is 53.6 Å². The summed E-state index contributed by atoms with van der Waals surface area (Å²) in [5.41, 5.74) is 0.633. The van der Waals surface area contributed by atoms with Crippen molar-refractivity contribution in [3.8, 4) is 11.5 Å². The Morgan fingerprint density at radius 2 is 2.00 bits per heavy atom. The number of aliphatic imine (C=N–C) groups is 1. The van der Waals surface area contributed by atoms with E-state index in [0.29, 0.717) is 22.9 Å². The summed E-state index contributed by atoms with van der Waals surface area (Å²) < 4.78 is 44.0. The molecule has 0 fully saturated rings. The quantitative estimate of drug-likeness (QED) is 0.759. The number of thioether (sulfide) groups is 1. The van der Waals surface area contributed by atoms with Crippen LogP contribution in [0.25, 0.3) is 0 Å². The standard InChI is InChI=1S/C18H15F3N2O3S/c1-27-16-15(23-17(24)25)8-10-7-13(5-6-14(10)22-16)26-12-4-2-3-11(9-12)18(19,20)21/h2-7,9,15,23H,8H2,1H3,(H,24,25). The first-order valence-corrected chi connectivity index (χ1v) is 9.09. The van der Waals surface area contributed by atoms with Crippen molar-refractivity contribution in [2.75, 3.05) is 6.26 Å². The molecule has 142 valence electrons. The second-order valence-electron chi connectivity index (χ2n) is 5.78. The molecular formula is C18H15F3N2O3S. The minimum absolute atomic E-state index is 0.0640. The van der Waals surface area contributed by atoms with Gasteiger partial charge in [-0.3, -0.25) is 0 Å². The predicted octanol–water partition coefficient (Wildman–Crippen LogP) is 5.08. The molecule has 2 aromatic carbocycles. The number of amides is 1. The van der Waals surface area contributed by atoms with Crippen LogP contribution in [0.1, 0.15) is 11.1 Å². The minimum atomic E-state index is -4.45. The third-order valence-electron chi connectivity index (χ3n) is 3.91. The largest absolute Gasteiger partial charge is 0.465 e. The second kappa shape index (κ2) is 7.51. The third-order valence-corrected chi connectivity index (χ3v) is 4.70.